The van der Waals surface area contributed by atoms with Gasteiger partial charge in [0.2, 0.25) is 0 Å². The van der Waals surface area contributed by atoms with Gasteiger partial charge in [-0.15, -0.1) is 0 Å². The van der Waals surface area contributed by atoms with E-state index in [9.17, 15) is 0 Å². The maximum Gasteiger partial charge on any atom is 0.00935 e. The maximum atomic E-state index is 3.63. The highest BCUT2D eigenvalue weighted by molar-refractivity contribution is 9.09. The monoisotopic (exact) mass is 266 g/mol. The van der Waals surface area contributed by atoms with Crippen LogP contribution >= 0.6 is 31.9 Å². The third-order valence-electron chi connectivity index (χ3n) is 3.34. The zero-order valence-corrected chi connectivity index (χ0v) is 9.17. The summed E-state index contributed by atoms with van der Waals surface area (Å²) in [6, 6.07) is 0. The van der Waals surface area contributed by atoms with Crippen molar-refractivity contribution < 1.29 is 0 Å². The smallest absolute Gasteiger partial charge is 0.00935 e. The van der Waals surface area contributed by atoms with E-state index in [1.54, 1.807) is 0 Å². The summed E-state index contributed by atoms with van der Waals surface area (Å²) in [4.78, 5) is 0. The van der Waals surface area contributed by atoms with Gasteiger partial charge >= 0.3 is 0 Å². The van der Waals surface area contributed by atoms with Gasteiger partial charge in [0, 0.05) is 10.7 Å². The molecule has 0 unspecified atom stereocenters. The summed E-state index contributed by atoms with van der Waals surface area (Å²) < 4.78 is 0. The van der Waals surface area contributed by atoms with Crippen LogP contribution in [0.1, 0.15) is 25.7 Å². The summed E-state index contributed by atoms with van der Waals surface area (Å²) in [5.74, 6) is 0. The Morgan fingerprint density at radius 3 is 1.20 bits per heavy atom. The van der Waals surface area contributed by atoms with Gasteiger partial charge in [-0.05, 0) is 36.5 Å². The molecule has 0 bridgehead atoms. The Morgan fingerprint density at radius 1 is 0.800 bits per heavy atom. The van der Waals surface area contributed by atoms with Crippen LogP contribution in [0.5, 0.6) is 0 Å². The van der Waals surface area contributed by atoms with Crippen LogP contribution in [0.4, 0.5) is 0 Å². The summed E-state index contributed by atoms with van der Waals surface area (Å²) in [5.41, 5.74) is 1.44. The molecule has 58 valence electrons. The minimum atomic E-state index is 0.719. The van der Waals surface area contributed by atoms with Gasteiger partial charge in [-0.2, -0.15) is 0 Å². The molecule has 2 heteroatoms. The first kappa shape index (κ1) is 7.60. The summed E-state index contributed by atoms with van der Waals surface area (Å²) in [6.45, 7) is 0. The van der Waals surface area contributed by atoms with E-state index in [-0.39, 0.29) is 0 Å². The van der Waals surface area contributed by atoms with Gasteiger partial charge < -0.3 is 0 Å². The zero-order valence-electron chi connectivity index (χ0n) is 6.00. The second-order valence-corrected chi connectivity index (χ2v) is 4.95. The van der Waals surface area contributed by atoms with E-state index < -0.39 is 0 Å². The van der Waals surface area contributed by atoms with Crippen LogP contribution in [0.3, 0.4) is 0 Å². The van der Waals surface area contributed by atoms with Crippen molar-refractivity contribution >= 4 is 31.9 Å². The van der Waals surface area contributed by atoms with Gasteiger partial charge in [0.25, 0.3) is 0 Å². The van der Waals surface area contributed by atoms with Crippen molar-refractivity contribution in [1.29, 1.82) is 0 Å². The average Bonchev–Trinajstić information content (AvgIpc) is 2.84. The molecule has 2 aliphatic rings. The normalized spacial score (nSPS) is 31.8. The van der Waals surface area contributed by atoms with Crippen LogP contribution in [-0.2, 0) is 0 Å². The van der Waals surface area contributed by atoms with Crippen LogP contribution in [0, 0.1) is 10.8 Å². The zero-order chi connectivity index (χ0) is 7.24. The predicted octanol–water partition coefficient (Wildman–Crippen LogP) is 3.34. The highest BCUT2D eigenvalue weighted by Crippen LogP contribution is 2.71. The largest absolute Gasteiger partial charge is 0.0922 e. The van der Waals surface area contributed by atoms with E-state index in [0.29, 0.717) is 0 Å². The van der Waals surface area contributed by atoms with Gasteiger partial charge in [0.1, 0.15) is 0 Å². The Hall–Kier alpha value is 0.960. The van der Waals surface area contributed by atoms with Crippen LogP contribution in [-0.4, -0.2) is 10.7 Å². The van der Waals surface area contributed by atoms with Gasteiger partial charge in [0.15, 0.2) is 0 Å². The van der Waals surface area contributed by atoms with E-state index >= 15 is 0 Å². The summed E-state index contributed by atoms with van der Waals surface area (Å²) >= 11 is 7.26. The molecular weight excluding hydrogens is 256 g/mol. The lowest BCUT2D eigenvalue weighted by molar-refractivity contribution is 0.359. The van der Waals surface area contributed by atoms with E-state index in [1.165, 1.54) is 36.3 Å². The molecule has 0 radical (unpaired) electrons. The summed E-state index contributed by atoms with van der Waals surface area (Å²) in [6.07, 6.45) is 5.85. The third kappa shape index (κ3) is 0.842. The molecule has 0 atom stereocenters. The summed E-state index contributed by atoms with van der Waals surface area (Å²) in [5, 5.41) is 2.46. The van der Waals surface area contributed by atoms with Crippen molar-refractivity contribution in [2.75, 3.05) is 10.7 Å². The molecule has 0 aromatic rings. The lowest BCUT2D eigenvalue weighted by Gasteiger charge is -2.21. The first-order chi connectivity index (χ1) is 4.79. The molecule has 0 N–H and O–H groups in total. The summed E-state index contributed by atoms with van der Waals surface area (Å²) in [7, 11) is 0. The van der Waals surface area contributed by atoms with Crippen LogP contribution in [0.15, 0.2) is 0 Å². The van der Waals surface area contributed by atoms with Crippen molar-refractivity contribution in [1.82, 2.24) is 0 Å². The molecule has 2 fully saturated rings. The van der Waals surface area contributed by atoms with Crippen molar-refractivity contribution in [3.63, 3.8) is 0 Å². The standard InChI is InChI=1S/C8H12Br2/c9-5-7(1-2-7)8(6-10)3-4-8/h1-6H2. The molecule has 0 heterocycles. The number of alkyl halides is 2. The molecule has 2 aliphatic carbocycles. The molecule has 2 saturated carbocycles. The molecule has 10 heavy (non-hydrogen) atoms. The van der Waals surface area contributed by atoms with E-state index in [2.05, 4.69) is 31.9 Å². The van der Waals surface area contributed by atoms with Gasteiger partial charge in [-0.3, -0.25) is 0 Å². The predicted molar refractivity (Wildman–Crippen MR) is 50.9 cm³/mol. The molecule has 0 aromatic carbocycles. The molecule has 0 aliphatic heterocycles. The molecule has 0 amide bonds. The average molecular weight is 268 g/mol. The van der Waals surface area contributed by atoms with E-state index in [1.807, 2.05) is 0 Å². The maximum absolute atomic E-state index is 3.63. The van der Waals surface area contributed by atoms with E-state index in [4.69, 9.17) is 0 Å². The second kappa shape index (κ2) is 2.22. The Morgan fingerprint density at radius 2 is 1.10 bits per heavy atom. The molecule has 0 nitrogen and oxygen atoms in total. The highest BCUT2D eigenvalue weighted by atomic mass is 79.9. The lowest BCUT2D eigenvalue weighted by Crippen LogP contribution is -2.20. The number of hydrogen-bond donors (Lipinski definition) is 0. The van der Waals surface area contributed by atoms with Crippen LogP contribution in [0.25, 0.3) is 0 Å². The fourth-order valence-electron chi connectivity index (χ4n) is 1.91. The molecule has 0 spiro atoms. The number of halogens is 2. The second-order valence-electron chi connectivity index (χ2n) is 3.83. The minimum absolute atomic E-state index is 0.719. The van der Waals surface area contributed by atoms with Crippen molar-refractivity contribution in [3.05, 3.63) is 0 Å². The highest BCUT2D eigenvalue weighted by Gasteiger charge is 2.63. The fourth-order valence-corrected chi connectivity index (χ4v) is 4.22. The Bertz CT molecular complexity index is 127. The third-order valence-corrected chi connectivity index (χ3v) is 5.49. The molecular formula is C8H12Br2. The SMILES string of the molecule is BrCC1(C2(CBr)CC2)CC1. The fraction of sp³-hybridized carbons (Fsp3) is 1.00. The Balaban J connectivity index is 2.10. The topological polar surface area (TPSA) is 0 Å². The molecule has 0 saturated heterocycles. The quantitative estimate of drug-likeness (QED) is 0.688. The van der Waals surface area contributed by atoms with Crippen LogP contribution in [0.2, 0.25) is 0 Å². The van der Waals surface area contributed by atoms with E-state index in [0.717, 1.165) is 10.8 Å². The molecule has 2 rings (SSSR count). The Kier molecular flexibility index (Phi) is 1.69. The number of rotatable bonds is 3. The first-order valence-electron chi connectivity index (χ1n) is 3.91. The molecule has 0 aromatic heterocycles. The number of hydrogen-bond acceptors (Lipinski definition) is 0. The minimum Gasteiger partial charge on any atom is -0.0922 e. The van der Waals surface area contributed by atoms with Crippen molar-refractivity contribution in [2.45, 2.75) is 25.7 Å². The van der Waals surface area contributed by atoms with Crippen LogP contribution < -0.4 is 0 Å². The van der Waals surface area contributed by atoms with Gasteiger partial charge in [-0.25, -0.2) is 0 Å². The first-order valence-corrected chi connectivity index (χ1v) is 6.15. The van der Waals surface area contributed by atoms with Crippen molar-refractivity contribution in [3.8, 4) is 0 Å². The Labute approximate surface area is 79.0 Å². The lowest BCUT2D eigenvalue weighted by atomic mass is 9.89. The van der Waals surface area contributed by atoms with Crippen molar-refractivity contribution in [2.24, 2.45) is 10.8 Å². The van der Waals surface area contributed by atoms with Gasteiger partial charge in [-0.1, -0.05) is 31.9 Å². The van der Waals surface area contributed by atoms with Gasteiger partial charge in [0.05, 0.1) is 0 Å².